The summed E-state index contributed by atoms with van der Waals surface area (Å²) in [5, 5.41) is 8.47. The van der Waals surface area contributed by atoms with Gasteiger partial charge in [-0.1, -0.05) is 19.1 Å². The van der Waals surface area contributed by atoms with Crippen LogP contribution in [0.4, 0.5) is 18.9 Å². The number of hydrogen-bond acceptors (Lipinski definition) is 5. The zero-order chi connectivity index (χ0) is 24.2. The Labute approximate surface area is 189 Å². The second kappa shape index (κ2) is 9.93. The number of rotatable bonds is 7. The van der Waals surface area contributed by atoms with E-state index in [4.69, 9.17) is 4.74 Å². The number of benzene rings is 2. The van der Waals surface area contributed by atoms with Gasteiger partial charge in [0.1, 0.15) is 0 Å². The molecule has 176 valence electrons. The molecule has 1 aliphatic heterocycles. The summed E-state index contributed by atoms with van der Waals surface area (Å²) in [6.45, 7) is 3.48. The minimum atomic E-state index is -4.88. The van der Waals surface area contributed by atoms with Gasteiger partial charge in [-0.15, -0.1) is 13.2 Å². The van der Waals surface area contributed by atoms with E-state index in [0.29, 0.717) is 23.4 Å². The van der Waals surface area contributed by atoms with Gasteiger partial charge in [-0.05, 0) is 42.3 Å². The van der Waals surface area contributed by atoms with E-state index in [1.54, 1.807) is 30.3 Å². The first-order valence-electron chi connectivity index (χ1n) is 10.3. The van der Waals surface area contributed by atoms with Crippen LogP contribution >= 0.6 is 0 Å². The number of hydrazone groups is 1. The van der Waals surface area contributed by atoms with Crippen molar-refractivity contribution in [3.8, 4) is 11.5 Å². The molecule has 0 bridgehead atoms. The smallest absolute Gasteiger partial charge is 0.493 e. The molecule has 0 aliphatic carbocycles. The molecule has 10 heteroatoms. The predicted octanol–water partition coefficient (Wildman–Crippen LogP) is 4.72. The molecule has 1 heterocycles. The molecule has 0 aromatic heterocycles. The van der Waals surface area contributed by atoms with Crippen LogP contribution in [0.1, 0.15) is 37.8 Å². The topological polar surface area (TPSA) is 80.2 Å². The molecule has 2 aromatic carbocycles. The number of methoxy groups -OCH3 is 1. The average molecular weight is 463 g/mol. The maximum Gasteiger partial charge on any atom is 0.573 e. The lowest BCUT2D eigenvalue weighted by Gasteiger charge is -2.29. The lowest BCUT2D eigenvalue weighted by molar-refractivity contribution is -0.275. The molecule has 1 atom stereocenters. The molecule has 2 amide bonds. The zero-order valence-corrected chi connectivity index (χ0v) is 18.4. The van der Waals surface area contributed by atoms with E-state index < -0.39 is 12.1 Å². The molecule has 0 radical (unpaired) electrons. The van der Waals surface area contributed by atoms with Crippen molar-refractivity contribution in [2.24, 2.45) is 11.0 Å². The Morgan fingerprint density at radius 1 is 1.18 bits per heavy atom. The van der Waals surface area contributed by atoms with Crippen molar-refractivity contribution in [1.29, 1.82) is 0 Å². The number of hydrogen-bond donors (Lipinski definition) is 1. The van der Waals surface area contributed by atoms with E-state index in [-0.39, 0.29) is 36.4 Å². The molecule has 0 spiro atoms. The number of alkyl halides is 3. The Balaban J connectivity index is 1.91. The summed E-state index contributed by atoms with van der Waals surface area (Å²) in [4.78, 5) is 23.8. The van der Waals surface area contributed by atoms with Crippen molar-refractivity contribution in [2.75, 3.05) is 12.4 Å². The Morgan fingerprint density at radius 3 is 2.45 bits per heavy atom. The normalized spacial score (nSPS) is 16.3. The van der Waals surface area contributed by atoms with Gasteiger partial charge in [0.05, 0.1) is 19.4 Å². The lowest BCUT2D eigenvalue weighted by atomic mass is 9.89. The van der Waals surface area contributed by atoms with E-state index in [1.165, 1.54) is 31.2 Å². The predicted molar refractivity (Wildman–Crippen MR) is 116 cm³/mol. The molecule has 33 heavy (non-hydrogen) atoms. The monoisotopic (exact) mass is 463 g/mol. The first-order valence-corrected chi connectivity index (χ1v) is 10.3. The second-order valence-corrected chi connectivity index (χ2v) is 7.54. The van der Waals surface area contributed by atoms with Gasteiger partial charge in [0.2, 0.25) is 11.8 Å². The number of halogens is 3. The van der Waals surface area contributed by atoms with Gasteiger partial charge in [0, 0.05) is 30.5 Å². The van der Waals surface area contributed by atoms with Crippen LogP contribution in [-0.2, 0) is 16.1 Å². The fourth-order valence-electron chi connectivity index (χ4n) is 3.55. The van der Waals surface area contributed by atoms with Gasteiger partial charge >= 0.3 is 6.36 Å². The summed E-state index contributed by atoms with van der Waals surface area (Å²) in [5.41, 5.74) is 2.33. The number of ether oxygens (including phenoxy) is 2. The second-order valence-electron chi connectivity index (χ2n) is 7.54. The van der Waals surface area contributed by atoms with E-state index in [9.17, 15) is 22.8 Å². The van der Waals surface area contributed by atoms with Gasteiger partial charge in [0.15, 0.2) is 11.5 Å². The van der Waals surface area contributed by atoms with Crippen LogP contribution in [0.5, 0.6) is 11.5 Å². The first kappa shape index (κ1) is 24.1. The Hall–Kier alpha value is -3.56. The van der Waals surface area contributed by atoms with Crippen molar-refractivity contribution >= 4 is 23.2 Å². The number of carbonyl (C=O) groups excluding carboxylic acids is 2. The molecule has 1 aliphatic rings. The van der Waals surface area contributed by atoms with E-state index in [1.807, 2.05) is 6.92 Å². The largest absolute Gasteiger partial charge is 0.573 e. The quantitative estimate of drug-likeness (QED) is 0.645. The highest BCUT2D eigenvalue weighted by atomic mass is 19.4. The van der Waals surface area contributed by atoms with Crippen LogP contribution in [0.15, 0.2) is 47.6 Å². The van der Waals surface area contributed by atoms with Crippen LogP contribution < -0.4 is 14.8 Å². The summed E-state index contributed by atoms with van der Waals surface area (Å²) < 4.78 is 47.6. The summed E-state index contributed by atoms with van der Waals surface area (Å²) in [6, 6.07) is 11.2. The van der Waals surface area contributed by atoms with Crippen LogP contribution in [0.25, 0.3) is 0 Å². The lowest BCUT2D eigenvalue weighted by Crippen LogP contribution is -2.36. The Morgan fingerprint density at radius 2 is 1.88 bits per heavy atom. The molecule has 2 aromatic rings. The molecule has 3 rings (SSSR count). The number of carbonyl (C=O) groups is 2. The molecule has 1 unspecified atom stereocenters. The minimum absolute atomic E-state index is 0.0623. The van der Waals surface area contributed by atoms with Crippen LogP contribution in [0.3, 0.4) is 0 Å². The van der Waals surface area contributed by atoms with Crippen molar-refractivity contribution in [2.45, 2.75) is 39.6 Å². The Bertz CT molecular complexity index is 1050. The molecular formula is C23H24F3N3O4. The standard InChI is InChI=1S/C23H24F3N3O4/c1-4-16-12-21(31)29(13-15-5-8-18(9-6-15)27-14(2)30)28-22(16)17-7-10-19(32-3)20(11-17)33-23(24,25)26/h5-11,16H,4,12-13H2,1-3H3,(H,27,30). The molecular weight excluding hydrogens is 439 g/mol. The van der Waals surface area contributed by atoms with Crippen molar-refractivity contribution in [3.05, 3.63) is 53.6 Å². The van der Waals surface area contributed by atoms with Gasteiger partial charge in [-0.3, -0.25) is 9.59 Å². The van der Waals surface area contributed by atoms with Crippen molar-refractivity contribution < 1.29 is 32.2 Å². The average Bonchev–Trinajstić information content (AvgIpc) is 2.74. The van der Waals surface area contributed by atoms with Crippen LogP contribution in [0, 0.1) is 5.92 Å². The van der Waals surface area contributed by atoms with E-state index >= 15 is 0 Å². The van der Waals surface area contributed by atoms with E-state index in [2.05, 4.69) is 15.2 Å². The highest BCUT2D eigenvalue weighted by molar-refractivity contribution is 6.06. The third-order valence-electron chi connectivity index (χ3n) is 5.11. The van der Waals surface area contributed by atoms with Crippen LogP contribution in [0.2, 0.25) is 0 Å². The highest BCUT2D eigenvalue weighted by Gasteiger charge is 2.34. The molecule has 1 N–H and O–H groups in total. The van der Waals surface area contributed by atoms with E-state index in [0.717, 1.165) is 5.56 Å². The molecule has 7 nitrogen and oxygen atoms in total. The number of nitrogens with one attached hydrogen (secondary N) is 1. The van der Waals surface area contributed by atoms with Gasteiger partial charge in [0.25, 0.3) is 0 Å². The zero-order valence-electron chi connectivity index (χ0n) is 18.4. The fourth-order valence-corrected chi connectivity index (χ4v) is 3.55. The summed E-state index contributed by atoms with van der Waals surface area (Å²) in [5.74, 6) is -1.16. The highest BCUT2D eigenvalue weighted by Crippen LogP contribution is 2.35. The van der Waals surface area contributed by atoms with Crippen molar-refractivity contribution in [1.82, 2.24) is 5.01 Å². The summed E-state index contributed by atoms with van der Waals surface area (Å²) in [6.07, 6.45) is -4.11. The van der Waals surface area contributed by atoms with Crippen molar-refractivity contribution in [3.63, 3.8) is 0 Å². The third-order valence-corrected chi connectivity index (χ3v) is 5.11. The van der Waals surface area contributed by atoms with Gasteiger partial charge < -0.3 is 14.8 Å². The summed E-state index contributed by atoms with van der Waals surface area (Å²) >= 11 is 0. The van der Waals surface area contributed by atoms with Crippen LogP contribution in [-0.4, -0.2) is 36.0 Å². The van der Waals surface area contributed by atoms with Gasteiger partial charge in [-0.25, -0.2) is 5.01 Å². The SMILES string of the molecule is CCC1CC(=O)N(Cc2ccc(NC(C)=O)cc2)N=C1c1ccc(OC)c(OC(F)(F)F)c1. The first-order chi connectivity index (χ1) is 15.6. The number of anilines is 1. The number of nitrogens with zero attached hydrogens (tertiary/aromatic N) is 2. The fraction of sp³-hybridized carbons (Fsp3) is 0.348. The molecule has 0 fully saturated rings. The minimum Gasteiger partial charge on any atom is -0.493 e. The Kier molecular flexibility index (Phi) is 7.25. The number of amides is 2. The van der Waals surface area contributed by atoms with Gasteiger partial charge in [-0.2, -0.15) is 5.10 Å². The molecule has 0 saturated heterocycles. The maximum absolute atomic E-state index is 12.8. The summed E-state index contributed by atoms with van der Waals surface area (Å²) in [7, 11) is 1.25. The molecule has 0 saturated carbocycles. The third kappa shape index (κ3) is 6.24. The maximum atomic E-state index is 12.8.